The van der Waals surface area contributed by atoms with Gasteiger partial charge in [0.2, 0.25) is 5.91 Å². The molecular weight excluding hydrogens is 453 g/mol. The van der Waals surface area contributed by atoms with Crippen LogP contribution >= 0.6 is 0 Å². The Morgan fingerprint density at radius 2 is 1.65 bits per heavy atom. The number of ether oxygens (including phenoxy) is 2. The lowest BCUT2D eigenvalue weighted by molar-refractivity contribution is -0.137. The van der Waals surface area contributed by atoms with Crippen molar-refractivity contribution in [2.75, 3.05) is 51.2 Å². The molecule has 2 aliphatic heterocycles. The van der Waals surface area contributed by atoms with Crippen molar-refractivity contribution in [2.24, 2.45) is 0 Å². The van der Waals surface area contributed by atoms with Crippen LogP contribution in [-0.2, 0) is 11.0 Å². The summed E-state index contributed by atoms with van der Waals surface area (Å²) in [7, 11) is 0. The van der Waals surface area contributed by atoms with Crippen LogP contribution in [0, 0.1) is 0 Å². The first kappa shape index (κ1) is 23.7. The molecule has 2 N–H and O–H groups in total. The van der Waals surface area contributed by atoms with Crippen LogP contribution in [-0.4, -0.2) is 73.7 Å². The van der Waals surface area contributed by atoms with Crippen molar-refractivity contribution in [2.45, 2.75) is 12.3 Å². The van der Waals surface area contributed by atoms with E-state index in [1.165, 1.54) is 18.2 Å². The summed E-state index contributed by atoms with van der Waals surface area (Å²) in [5, 5.41) is 5.18. The summed E-state index contributed by atoms with van der Waals surface area (Å²) in [5.41, 5.74) is -1.16. The molecule has 0 saturated carbocycles. The molecule has 0 radical (unpaired) electrons. The molecule has 0 bridgehead atoms. The fraction of sp³-hybridized carbons (Fsp3) is 0.391. The number of alkyl halides is 3. The molecule has 8 nitrogen and oxygen atoms in total. The van der Waals surface area contributed by atoms with Crippen molar-refractivity contribution < 1.29 is 32.2 Å². The lowest BCUT2D eigenvalue weighted by Crippen LogP contribution is -2.54. The fourth-order valence-electron chi connectivity index (χ4n) is 3.82. The van der Waals surface area contributed by atoms with Gasteiger partial charge in [-0.25, -0.2) is 4.79 Å². The molecule has 3 amide bonds. The molecule has 0 spiro atoms. The second-order valence-electron chi connectivity index (χ2n) is 8.04. The van der Waals surface area contributed by atoms with E-state index in [4.69, 9.17) is 9.47 Å². The van der Waals surface area contributed by atoms with Gasteiger partial charge in [0.25, 0.3) is 0 Å². The monoisotopic (exact) mass is 478 g/mol. The Morgan fingerprint density at radius 1 is 0.971 bits per heavy atom. The fourth-order valence-corrected chi connectivity index (χ4v) is 3.82. The molecule has 4 rings (SSSR count). The number of benzene rings is 2. The number of carbonyl (C=O) groups excluding carboxylic acids is 2. The molecule has 34 heavy (non-hydrogen) atoms. The van der Waals surface area contributed by atoms with E-state index in [1.807, 2.05) is 18.2 Å². The number of piperazine rings is 1. The Hall–Kier alpha value is -3.47. The van der Waals surface area contributed by atoms with Crippen molar-refractivity contribution in [3.05, 3.63) is 54.1 Å². The van der Waals surface area contributed by atoms with Gasteiger partial charge >= 0.3 is 12.2 Å². The molecule has 1 unspecified atom stereocenters. The van der Waals surface area contributed by atoms with Crippen LogP contribution in [0.2, 0.25) is 0 Å². The standard InChI is InChI=1S/C23H25F3N4O4/c24-23(25,26)17-5-1-2-6-18(17)28-21(31)14-29-9-11-30(12-10-29)22(32)27-13-16-15-33-19-7-3-4-8-20(19)34-16/h1-8,16H,9-15H2,(H,27,32)(H,28,31). The minimum absolute atomic E-state index is 0.0612. The zero-order valence-corrected chi connectivity index (χ0v) is 18.3. The van der Waals surface area contributed by atoms with Gasteiger partial charge in [0.05, 0.1) is 24.3 Å². The molecule has 2 aromatic carbocycles. The summed E-state index contributed by atoms with van der Waals surface area (Å²) in [6.45, 7) is 2.20. The third kappa shape index (κ3) is 5.90. The third-order valence-corrected chi connectivity index (χ3v) is 5.58. The predicted octanol–water partition coefficient (Wildman–Crippen LogP) is 2.81. The highest BCUT2D eigenvalue weighted by atomic mass is 19.4. The van der Waals surface area contributed by atoms with Crippen LogP contribution in [0.1, 0.15) is 5.56 Å². The molecular formula is C23H25F3N4O4. The van der Waals surface area contributed by atoms with E-state index in [0.29, 0.717) is 44.3 Å². The van der Waals surface area contributed by atoms with Gasteiger partial charge in [0.1, 0.15) is 6.61 Å². The Kier molecular flexibility index (Phi) is 7.11. The Labute approximate surface area is 194 Å². The van der Waals surface area contributed by atoms with E-state index in [9.17, 15) is 22.8 Å². The highest BCUT2D eigenvalue weighted by Gasteiger charge is 2.33. The Morgan fingerprint density at radius 3 is 2.38 bits per heavy atom. The van der Waals surface area contributed by atoms with Gasteiger partial charge in [0, 0.05) is 26.2 Å². The van der Waals surface area contributed by atoms with Gasteiger partial charge in [-0.1, -0.05) is 24.3 Å². The molecule has 1 atom stereocenters. The summed E-state index contributed by atoms with van der Waals surface area (Å²) < 4.78 is 50.8. The SMILES string of the molecule is O=C(CN1CCN(C(=O)NCC2COc3ccccc3O2)CC1)Nc1ccccc1C(F)(F)F. The quantitative estimate of drug-likeness (QED) is 0.691. The largest absolute Gasteiger partial charge is 0.486 e. The minimum atomic E-state index is -4.55. The van der Waals surface area contributed by atoms with E-state index >= 15 is 0 Å². The van der Waals surface area contributed by atoms with Crippen molar-refractivity contribution in [3.63, 3.8) is 0 Å². The van der Waals surface area contributed by atoms with Crippen LogP contribution in [0.25, 0.3) is 0 Å². The molecule has 2 aromatic rings. The number of hydrogen-bond acceptors (Lipinski definition) is 5. The maximum Gasteiger partial charge on any atom is 0.418 e. The zero-order chi connectivity index (χ0) is 24.1. The van der Waals surface area contributed by atoms with Crippen molar-refractivity contribution in [1.82, 2.24) is 15.1 Å². The summed E-state index contributed by atoms with van der Waals surface area (Å²) in [6, 6.07) is 11.9. The first-order valence-electron chi connectivity index (χ1n) is 10.9. The average Bonchev–Trinajstić information content (AvgIpc) is 2.82. The summed E-state index contributed by atoms with van der Waals surface area (Å²) in [4.78, 5) is 28.2. The summed E-state index contributed by atoms with van der Waals surface area (Å²) in [5.74, 6) is 0.772. The lowest BCUT2D eigenvalue weighted by Gasteiger charge is -2.34. The average molecular weight is 478 g/mol. The number of nitrogens with zero attached hydrogens (tertiary/aromatic N) is 2. The highest BCUT2D eigenvalue weighted by Crippen LogP contribution is 2.34. The highest BCUT2D eigenvalue weighted by molar-refractivity contribution is 5.93. The van der Waals surface area contributed by atoms with Crippen LogP contribution in [0.15, 0.2) is 48.5 Å². The molecule has 1 saturated heterocycles. The van der Waals surface area contributed by atoms with Crippen molar-refractivity contribution >= 4 is 17.6 Å². The number of hydrogen-bond donors (Lipinski definition) is 2. The van der Waals surface area contributed by atoms with Gasteiger partial charge in [0.15, 0.2) is 17.6 Å². The van der Waals surface area contributed by atoms with Crippen LogP contribution in [0.4, 0.5) is 23.7 Å². The maximum atomic E-state index is 13.1. The molecule has 0 aliphatic carbocycles. The summed E-state index contributed by atoms with van der Waals surface area (Å²) >= 11 is 0. The topological polar surface area (TPSA) is 83.1 Å². The lowest BCUT2D eigenvalue weighted by atomic mass is 10.1. The van der Waals surface area contributed by atoms with Crippen LogP contribution < -0.4 is 20.1 Å². The van der Waals surface area contributed by atoms with Gasteiger partial charge < -0.3 is 25.0 Å². The van der Waals surface area contributed by atoms with Gasteiger partial charge in [-0.05, 0) is 24.3 Å². The smallest absolute Gasteiger partial charge is 0.418 e. The van der Waals surface area contributed by atoms with Crippen LogP contribution in [0.5, 0.6) is 11.5 Å². The third-order valence-electron chi connectivity index (χ3n) is 5.58. The minimum Gasteiger partial charge on any atom is -0.486 e. The first-order chi connectivity index (χ1) is 16.3. The molecule has 2 heterocycles. The van der Waals surface area contributed by atoms with Gasteiger partial charge in [-0.3, -0.25) is 9.69 Å². The van der Waals surface area contributed by atoms with E-state index in [2.05, 4.69) is 10.6 Å². The second-order valence-corrected chi connectivity index (χ2v) is 8.04. The van der Waals surface area contributed by atoms with E-state index in [-0.39, 0.29) is 30.9 Å². The van der Waals surface area contributed by atoms with E-state index in [1.54, 1.807) is 15.9 Å². The number of nitrogens with one attached hydrogen (secondary N) is 2. The maximum absolute atomic E-state index is 13.1. The second kappa shape index (κ2) is 10.2. The Bertz CT molecular complexity index is 1030. The molecule has 1 fully saturated rings. The van der Waals surface area contributed by atoms with Crippen molar-refractivity contribution in [1.29, 1.82) is 0 Å². The molecule has 182 valence electrons. The number of halogens is 3. The number of anilines is 1. The zero-order valence-electron chi connectivity index (χ0n) is 18.3. The normalized spacial score (nSPS) is 18.3. The number of amides is 3. The Balaban J connectivity index is 1.19. The molecule has 0 aromatic heterocycles. The van der Waals surface area contributed by atoms with Crippen LogP contribution in [0.3, 0.4) is 0 Å². The predicted molar refractivity (Wildman–Crippen MR) is 118 cm³/mol. The first-order valence-corrected chi connectivity index (χ1v) is 10.9. The van der Waals surface area contributed by atoms with Gasteiger partial charge in [-0.15, -0.1) is 0 Å². The molecule has 11 heteroatoms. The van der Waals surface area contributed by atoms with E-state index < -0.39 is 17.6 Å². The number of rotatable bonds is 5. The number of urea groups is 1. The number of carbonyl (C=O) groups is 2. The number of para-hydroxylation sites is 3. The molecule has 2 aliphatic rings. The van der Waals surface area contributed by atoms with Crippen molar-refractivity contribution in [3.8, 4) is 11.5 Å². The van der Waals surface area contributed by atoms with E-state index in [0.717, 1.165) is 6.07 Å². The van der Waals surface area contributed by atoms with Gasteiger partial charge in [-0.2, -0.15) is 13.2 Å². The number of fused-ring (bicyclic) bond motifs is 1. The summed E-state index contributed by atoms with van der Waals surface area (Å²) in [6.07, 6.45) is -4.86.